The fourth-order valence-electron chi connectivity index (χ4n) is 3.71. The molecule has 1 aliphatic carbocycles. The van der Waals surface area contributed by atoms with Gasteiger partial charge in [0.25, 0.3) is 0 Å². The highest BCUT2D eigenvalue weighted by atomic mass is 16.5. The minimum Gasteiger partial charge on any atom is -0.462 e. The molecule has 0 spiro atoms. The Balaban J connectivity index is 2.04. The molecule has 0 aliphatic heterocycles. The molecule has 0 atom stereocenters. The Bertz CT molecular complexity index is 938. The van der Waals surface area contributed by atoms with Gasteiger partial charge in [-0.1, -0.05) is 55.8 Å². The summed E-state index contributed by atoms with van der Waals surface area (Å²) in [5.41, 5.74) is 7.68. The van der Waals surface area contributed by atoms with Crippen LogP contribution in [-0.2, 0) is 4.74 Å². The topological polar surface area (TPSA) is 29.5 Å². The van der Waals surface area contributed by atoms with Gasteiger partial charge in [-0.15, -0.1) is 0 Å². The maximum absolute atomic E-state index is 12.5. The first-order valence-electron chi connectivity index (χ1n) is 10.5. The van der Waals surface area contributed by atoms with E-state index in [-0.39, 0.29) is 5.97 Å². The van der Waals surface area contributed by atoms with Gasteiger partial charge >= 0.3 is 5.97 Å². The van der Waals surface area contributed by atoms with Crippen LogP contribution in [0.2, 0.25) is 0 Å². The summed E-state index contributed by atoms with van der Waals surface area (Å²) in [7, 11) is 4.19. The molecule has 0 saturated carbocycles. The average molecular weight is 390 g/mol. The molecular weight excluding hydrogens is 358 g/mol. The number of nitrogens with zero attached hydrogens (tertiary/aromatic N) is 1. The van der Waals surface area contributed by atoms with Crippen LogP contribution < -0.4 is 0 Å². The van der Waals surface area contributed by atoms with Gasteiger partial charge in [-0.25, -0.2) is 4.79 Å². The highest BCUT2D eigenvalue weighted by Gasteiger charge is 2.19. The van der Waals surface area contributed by atoms with Crippen molar-refractivity contribution in [3.63, 3.8) is 0 Å². The Morgan fingerprint density at radius 2 is 1.86 bits per heavy atom. The summed E-state index contributed by atoms with van der Waals surface area (Å²) in [6.07, 6.45) is 9.47. The maximum atomic E-state index is 12.5. The Morgan fingerprint density at radius 1 is 1.10 bits per heavy atom. The van der Waals surface area contributed by atoms with Gasteiger partial charge in [0.15, 0.2) is 0 Å². The van der Waals surface area contributed by atoms with E-state index in [1.165, 1.54) is 22.3 Å². The Morgan fingerprint density at radius 3 is 2.62 bits per heavy atom. The predicted octanol–water partition coefficient (Wildman–Crippen LogP) is 5.82. The fourth-order valence-corrected chi connectivity index (χ4v) is 3.71. The van der Waals surface area contributed by atoms with Gasteiger partial charge in [0.05, 0.1) is 12.2 Å². The lowest BCUT2D eigenvalue weighted by Crippen LogP contribution is -2.12. The lowest BCUT2D eigenvalue weighted by molar-refractivity contribution is 0.0499. The molecule has 0 fully saturated rings. The second-order valence-corrected chi connectivity index (χ2v) is 7.88. The lowest BCUT2D eigenvalue weighted by Gasteiger charge is -2.17. The van der Waals surface area contributed by atoms with Crippen molar-refractivity contribution in [2.75, 3.05) is 27.2 Å². The number of fused-ring (bicyclic) bond motifs is 2. The summed E-state index contributed by atoms with van der Waals surface area (Å²) >= 11 is 0. The standard InChI is InChI=1S/C26H31NO2/c1-5-6-16-29-26(28)22-17-19(2)25-21(18-22)14-13-20-10-7-8-11-23(20)24(25)12-9-15-27(3)4/h7-8,10-14,17-18H,5-6,9,15-16H2,1-4H3/b24-12+. The number of unbranched alkanes of at least 4 members (excludes halogenated alkanes) is 1. The molecule has 0 bridgehead atoms. The molecule has 152 valence electrons. The number of esters is 1. The number of aryl methyl sites for hydroxylation is 1. The molecule has 29 heavy (non-hydrogen) atoms. The van der Waals surface area contributed by atoms with E-state index in [2.05, 4.69) is 75.3 Å². The number of ether oxygens (including phenoxy) is 1. The SMILES string of the molecule is CCCCOC(=O)c1cc(C)c2c(c1)C=Cc1ccccc1/C2=C\CCN(C)C. The molecule has 0 saturated heterocycles. The number of hydrogen-bond acceptors (Lipinski definition) is 3. The van der Waals surface area contributed by atoms with E-state index >= 15 is 0 Å². The second kappa shape index (κ2) is 9.71. The van der Waals surface area contributed by atoms with Crippen molar-refractivity contribution in [1.29, 1.82) is 0 Å². The summed E-state index contributed by atoms with van der Waals surface area (Å²) < 4.78 is 5.44. The van der Waals surface area contributed by atoms with Crippen molar-refractivity contribution in [2.45, 2.75) is 33.1 Å². The van der Waals surface area contributed by atoms with Crippen molar-refractivity contribution in [1.82, 2.24) is 4.90 Å². The summed E-state index contributed by atoms with van der Waals surface area (Å²) in [5.74, 6) is -0.238. The molecule has 3 heteroatoms. The minimum atomic E-state index is -0.238. The van der Waals surface area contributed by atoms with Crippen LogP contribution >= 0.6 is 0 Å². The molecule has 0 heterocycles. The Kier molecular flexibility index (Phi) is 7.05. The third kappa shape index (κ3) is 5.04. The molecule has 3 rings (SSSR count). The first-order chi connectivity index (χ1) is 14.0. The first-order valence-corrected chi connectivity index (χ1v) is 10.5. The summed E-state index contributed by atoms with van der Waals surface area (Å²) in [6, 6.07) is 12.4. The summed E-state index contributed by atoms with van der Waals surface area (Å²) in [4.78, 5) is 14.7. The van der Waals surface area contributed by atoms with E-state index in [1.54, 1.807) is 0 Å². The molecule has 0 amide bonds. The van der Waals surface area contributed by atoms with E-state index in [9.17, 15) is 4.79 Å². The smallest absolute Gasteiger partial charge is 0.338 e. The quantitative estimate of drug-likeness (QED) is 0.377. The van der Waals surface area contributed by atoms with Crippen LogP contribution in [0.25, 0.3) is 17.7 Å². The molecule has 0 unspecified atom stereocenters. The van der Waals surface area contributed by atoms with Gasteiger partial charge in [0.2, 0.25) is 0 Å². The van der Waals surface area contributed by atoms with Crippen LogP contribution in [-0.4, -0.2) is 38.1 Å². The minimum absolute atomic E-state index is 0.238. The fraction of sp³-hybridized carbons (Fsp3) is 0.346. The van der Waals surface area contributed by atoms with Crippen LogP contribution in [0.1, 0.15) is 64.4 Å². The maximum Gasteiger partial charge on any atom is 0.338 e. The van der Waals surface area contributed by atoms with E-state index < -0.39 is 0 Å². The van der Waals surface area contributed by atoms with Gasteiger partial charge in [0.1, 0.15) is 0 Å². The van der Waals surface area contributed by atoms with Crippen LogP contribution in [0.3, 0.4) is 0 Å². The monoisotopic (exact) mass is 389 g/mol. The van der Waals surface area contributed by atoms with Gasteiger partial charge in [-0.2, -0.15) is 0 Å². The number of carbonyl (C=O) groups is 1. The number of rotatable bonds is 7. The molecule has 0 radical (unpaired) electrons. The van der Waals surface area contributed by atoms with Crippen molar-refractivity contribution in [3.05, 3.63) is 75.9 Å². The van der Waals surface area contributed by atoms with Gasteiger partial charge < -0.3 is 9.64 Å². The average Bonchev–Trinajstić information content (AvgIpc) is 2.85. The zero-order chi connectivity index (χ0) is 20.8. The summed E-state index contributed by atoms with van der Waals surface area (Å²) in [6.45, 7) is 5.65. The van der Waals surface area contributed by atoms with Crippen molar-refractivity contribution < 1.29 is 9.53 Å². The highest BCUT2D eigenvalue weighted by molar-refractivity contribution is 5.98. The predicted molar refractivity (Wildman–Crippen MR) is 122 cm³/mol. The third-order valence-electron chi connectivity index (χ3n) is 5.22. The molecule has 2 aromatic carbocycles. The molecule has 2 aromatic rings. The van der Waals surface area contributed by atoms with Gasteiger partial charge in [-0.3, -0.25) is 0 Å². The lowest BCUT2D eigenvalue weighted by atomic mass is 9.88. The van der Waals surface area contributed by atoms with E-state index in [0.29, 0.717) is 12.2 Å². The second-order valence-electron chi connectivity index (χ2n) is 7.88. The normalized spacial score (nSPS) is 13.9. The first kappa shape index (κ1) is 21.1. The third-order valence-corrected chi connectivity index (χ3v) is 5.22. The number of benzene rings is 2. The summed E-state index contributed by atoms with van der Waals surface area (Å²) in [5, 5.41) is 0. The largest absolute Gasteiger partial charge is 0.462 e. The van der Waals surface area contributed by atoms with Crippen LogP contribution in [0.15, 0.2) is 42.5 Å². The zero-order valence-electron chi connectivity index (χ0n) is 18.0. The Labute approximate surface area is 174 Å². The van der Waals surface area contributed by atoms with E-state index in [1.807, 2.05) is 12.1 Å². The molecular formula is C26H31NO2. The van der Waals surface area contributed by atoms with Gasteiger partial charge in [0, 0.05) is 6.54 Å². The van der Waals surface area contributed by atoms with E-state index in [4.69, 9.17) is 4.74 Å². The van der Waals surface area contributed by atoms with Gasteiger partial charge in [-0.05, 0) is 79.4 Å². The Hall–Kier alpha value is -2.65. The van der Waals surface area contributed by atoms with Crippen molar-refractivity contribution in [3.8, 4) is 0 Å². The van der Waals surface area contributed by atoms with Crippen LogP contribution in [0.5, 0.6) is 0 Å². The van der Waals surface area contributed by atoms with Crippen LogP contribution in [0.4, 0.5) is 0 Å². The molecule has 0 N–H and O–H groups in total. The van der Waals surface area contributed by atoms with E-state index in [0.717, 1.165) is 36.9 Å². The van der Waals surface area contributed by atoms with Crippen molar-refractivity contribution in [2.24, 2.45) is 0 Å². The zero-order valence-corrected chi connectivity index (χ0v) is 18.0. The molecule has 3 nitrogen and oxygen atoms in total. The highest BCUT2D eigenvalue weighted by Crippen LogP contribution is 2.36. The number of carbonyl (C=O) groups excluding carboxylic acids is 1. The molecule has 1 aliphatic rings. The van der Waals surface area contributed by atoms with Crippen molar-refractivity contribution >= 4 is 23.7 Å². The van der Waals surface area contributed by atoms with Crippen LogP contribution in [0, 0.1) is 6.92 Å². The molecule has 0 aromatic heterocycles. The number of hydrogen-bond donors (Lipinski definition) is 0.